The lowest BCUT2D eigenvalue weighted by Gasteiger charge is -2.15. The van der Waals surface area contributed by atoms with Gasteiger partial charge in [0.25, 0.3) is 0 Å². The second-order valence-corrected chi connectivity index (χ2v) is 6.71. The van der Waals surface area contributed by atoms with Crippen molar-refractivity contribution in [3.63, 3.8) is 0 Å². The number of sulfone groups is 1. The molecular formula is C13H19NO4S. The molecule has 0 saturated heterocycles. The minimum atomic E-state index is -3.02. The Morgan fingerprint density at radius 1 is 1.42 bits per heavy atom. The molecule has 0 heterocycles. The summed E-state index contributed by atoms with van der Waals surface area (Å²) < 4.78 is 27.6. The summed E-state index contributed by atoms with van der Waals surface area (Å²) in [7, 11) is -1.71. The smallest absolute Gasteiger partial charge is 0.337 e. The van der Waals surface area contributed by atoms with Crippen LogP contribution in [0.3, 0.4) is 0 Å². The van der Waals surface area contributed by atoms with Gasteiger partial charge in [-0.3, -0.25) is 0 Å². The van der Waals surface area contributed by atoms with Crippen LogP contribution >= 0.6 is 0 Å². The number of rotatable bonds is 6. The van der Waals surface area contributed by atoms with E-state index in [0.717, 1.165) is 0 Å². The third-order valence-electron chi connectivity index (χ3n) is 2.64. The van der Waals surface area contributed by atoms with Gasteiger partial charge in [-0.2, -0.15) is 0 Å². The molecule has 0 saturated carbocycles. The van der Waals surface area contributed by atoms with Gasteiger partial charge in [-0.15, -0.1) is 0 Å². The van der Waals surface area contributed by atoms with Crippen molar-refractivity contribution in [1.29, 1.82) is 0 Å². The van der Waals surface area contributed by atoms with Gasteiger partial charge in [-0.1, -0.05) is 13.0 Å². The third kappa shape index (κ3) is 4.90. The molecule has 1 rings (SSSR count). The number of anilines is 1. The van der Waals surface area contributed by atoms with Crippen molar-refractivity contribution in [3.05, 3.63) is 29.8 Å². The van der Waals surface area contributed by atoms with Crippen molar-refractivity contribution >= 4 is 21.5 Å². The Hall–Kier alpha value is -1.56. The Morgan fingerprint density at radius 2 is 2.11 bits per heavy atom. The Morgan fingerprint density at radius 3 is 2.68 bits per heavy atom. The normalized spacial score (nSPS) is 12.8. The van der Waals surface area contributed by atoms with E-state index in [-0.39, 0.29) is 17.5 Å². The van der Waals surface area contributed by atoms with Crippen LogP contribution in [-0.4, -0.2) is 39.0 Å². The van der Waals surface area contributed by atoms with Crippen molar-refractivity contribution in [3.8, 4) is 0 Å². The summed E-state index contributed by atoms with van der Waals surface area (Å²) in [4.78, 5) is 11.4. The molecule has 5 nitrogen and oxygen atoms in total. The molecule has 1 N–H and O–H groups in total. The first-order chi connectivity index (χ1) is 8.88. The highest BCUT2D eigenvalue weighted by atomic mass is 32.2. The average molecular weight is 285 g/mol. The lowest BCUT2D eigenvalue weighted by atomic mass is 10.2. The number of carbonyl (C=O) groups excluding carboxylic acids is 1. The van der Waals surface area contributed by atoms with Crippen molar-refractivity contribution in [2.24, 2.45) is 0 Å². The number of nitrogens with one attached hydrogen (secondary N) is 1. The summed E-state index contributed by atoms with van der Waals surface area (Å²) in [6, 6.07) is 6.56. The Bertz CT molecular complexity index is 539. The molecule has 1 atom stereocenters. The first-order valence-electron chi connectivity index (χ1n) is 6.03. The molecule has 0 aliphatic carbocycles. The third-order valence-corrected chi connectivity index (χ3v) is 4.53. The number of methoxy groups -OCH3 is 1. The highest BCUT2D eigenvalue weighted by molar-refractivity contribution is 7.91. The van der Waals surface area contributed by atoms with Crippen LogP contribution < -0.4 is 5.32 Å². The van der Waals surface area contributed by atoms with Crippen LogP contribution in [0.25, 0.3) is 0 Å². The van der Waals surface area contributed by atoms with Crippen LogP contribution in [-0.2, 0) is 14.6 Å². The van der Waals surface area contributed by atoms with Gasteiger partial charge in [-0.05, 0) is 25.1 Å². The maximum absolute atomic E-state index is 11.5. The van der Waals surface area contributed by atoms with Crippen LogP contribution in [0.15, 0.2) is 24.3 Å². The fourth-order valence-corrected chi connectivity index (χ4v) is 2.76. The van der Waals surface area contributed by atoms with Crippen molar-refractivity contribution in [2.75, 3.05) is 23.9 Å². The molecule has 19 heavy (non-hydrogen) atoms. The summed E-state index contributed by atoms with van der Waals surface area (Å²) in [5, 5.41) is 3.06. The van der Waals surface area contributed by atoms with Gasteiger partial charge in [-0.25, -0.2) is 13.2 Å². The fourth-order valence-electron chi connectivity index (χ4n) is 1.68. The predicted molar refractivity (Wildman–Crippen MR) is 75.2 cm³/mol. The number of esters is 1. The summed E-state index contributed by atoms with van der Waals surface area (Å²) in [6.07, 6.45) is 0. The zero-order chi connectivity index (χ0) is 14.5. The molecule has 0 fully saturated rings. The van der Waals surface area contributed by atoms with E-state index >= 15 is 0 Å². The molecule has 6 heteroatoms. The van der Waals surface area contributed by atoms with Crippen LogP contribution in [0.4, 0.5) is 5.69 Å². The standard InChI is InChI=1S/C13H19NO4S/c1-4-19(16,17)9-10(2)14-12-7-5-6-11(8-12)13(15)18-3/h5-8,10,14H,4,9H2,1-3H3. The molecule has 1 unspecified atom stereocenters. The van der Waals surface area contributed by atoms with Gasteiger partial charge < -0.3 is 10.1 Å². The monoisotopic (exact) mass is 285 g/mol. The molecular weight excluding hydrogens is 266 g/mol. The van der Waals surface area contributed by atoms with Crippen molar-refractivity contribution in [1.82, 2.24) is 0 Å². The molecule has 0 spiro atoms. The van der Waals surface area contributed by atoms with Crippen LogP contribution in [0.5, 0.6) is 0 Å². The lowest BCUT2D eigenvalue weighted by molar-refractivity contribution is 0.0601. The largest absolute Gasteiger partial charge is 0.465 e. The van der Waals surface area contributed by atoms with E-state index in [1.807, 2.05) is 0 Å². The van der Waals surface area contributed by atoms with E-state index in [0.29, 0.717) is 11.3 Å². The topological polar surface area (TPSA) is 72.5 Å². The van der Waals surface area contributed by atoms with E-state index in [2.05, 4.69) is 10.1 Å². The zero-order valence-electron chi connectivity index (χ0n) is 11.3. The van der Waals surface area contributed by atoms with E-state index in [1.165, 1.54) is 7.11 Å². The molecule has 1 aromatic rings. The number of carbonyl (C=O) groups is 1. The highest BCUT2D eigenvalue weighted by Gasteiger charge is 2.14. The molecule has 0 aliphatic rings. The molecule has 0 radical (unpaired) electrons. The average Bonchev–Trinajstić information content (AvgIpc) is 2.37. The van der Waals surface area contributed by atoms with Crippen LogP contribution in [0.2, 0.25) is 0 Å². The Labute approximate surface area is 113 Å². The Kier molecular flexibility index (Phi) is 5.35. The summed E-state index contributed by atoms with van der Waals surface area (Å²) in [5.74, 6) is -0.231. The quantitative estimate of drug-likeness (QED) is 0.806. The molecule has 0 bridgehead atoms. The first-order valence-corrected chi connectivity index (χ1v) is 7.85. The van der Waals surface area contributed by atoms with Crippen molar-refractivity contribution < 1.29 is 17.9 Å². The second-order valence-electron chi connectivity index (χ2n) is 4.32. The maximum atomic E-state index is 11.5. The van der Waals surface area contributed by atoms with E-state index in [1.54, 1.807) is 38.1 Å². The lowest BCUT2D eigenvalue weighted by Crippen LogP contribution is -2.26. The zero-order valence-corrected chi connectivity index (χ0v) is 12.2. The van der Waals surface area contributed by atoms with Gasteiger partial charge in [0.1, 0.15) is 0 Å². The predicted octanol–water partition coefficient (Wildman–Crippen LogP) is 1.71. The molecule has 0 aromatic heterocycles. The van der Waals surface area contributed by atoms with Gasteiger partial charge in [0.2, 0.25) is 0 Å². The molecule has 106 valence electrons. The van der Waals surface area contributed by atoms with Gasteiger partial charge in [0, 0.05) is 17.5 Å². The number of ether oxygens (including phenoxy) is 1. The SMILES string of the molecule is CCS(=O)(=O)CC(C)Nc1cccc(C(=O)OC)c1. The highest BCUT2D eigenvalue weighted by Crippen LogP contribution is 2.13. The molecule has 1 aromatic carbocycles. The fraction of sp³-hybridized carbons (Fsp3) is 0.462. The maximum Gasteiger partial charge on any atom is 0.337 e. The minimum Gasteiger partial charge on any atom is -0.465 e. The number of hydrogen-bond donors (Lipinski definition) is 1. The van der Waals surface area contributed by atoms with Gasteiger partial charge >= 0.3 is 5.97 Å². The summed E-state index contributed by atoms with van der Waals surface area (Å²) in [5.41, 5.74) is 1.12. The number of hydrogen-bond acceptors (Lipinski definition) is 5. The van der Waals surface area contributed by atoms with Gasteiger partial charge in [0.15, 0.2) is 9.84 Å². The van der Waals surface area contributed by atoms with Crippen molar-refractivity contribution in [2.45, 2.75) is 19.9 Å². The van der Waals surface area contributed by atoms with Crippen LogP contribution in [0.1, 0.15) is 24.2 Å². The second kappa shape index (κ2) is 6.56. The van der Waals surface area contributed by atoms with E-state index < -0.39 is 15.8 Å². The first kappa shape index (κ1) is 15.5. The number of benzene rings is 1. The van der Waals surface area contributed by atoms with E-state index in [9.17, 15) is 13.2 Å². The summed E-state index contributed by atoms with van der Waals surface area (Å²) in [6.45, 7) is 3.41. The molecule has 0 amide bonds. The summed E-state index contributed by atoms with van der Waals surface area (Å²) >= 11 is 0. The van der Waals surface area contributed by atoms with E-state index in [4.69, 9.17) is 0 Å². The van der Waals surface area contributed by atoms with Crippen LogP contribution in [0, 0.1) is 0 Å². The molecule has 0 aliphatic heterocycles. The van der Waals surface area contributed by atoms with Gasteiger partial charge in [0.05, 0.1) is 18.4 Å². The Balaban J connectivity index is 2.75. The minimum absolute atomic E-state index is 0.0615.